The number of anilines is 1. The Kier molecular flexibility index (Phi) is 2.12. The van der Waals surface area contributed by atoms with E-state index in [1.54, 1.807) is 11.3 Å². The van der Waals surface area contributed by atoms with E-state index in [1.807, 2.05) is 18.2 Å². The van der Waals surface area contributed by atoms with E-state index in [4.69, 9.17) is 17.3 Å². The van der Waals surface area contributed by atoms with Crippen LogP contribution in [0, 0.1) is 0 Å². The van der Waals surface area contributed by atoms with Crippen LogP contribution < -0.4 is 5.73 Å². The van der Waals surface area contributed by atoms with Crippen LogP contribution in [0.2, 0.25) is 5.02 Å². The molecule has 0 aliphatic rings. The molecule has 3 nitrogen and oxygen atoms in total. The number of fused-ring (bicyclic) bond motifs is 1. The Labute approximate surface area is 101 Å². The van der Waals surface area contributed by atoms with E-state index in [1.165, 1.54) is 0 Å². The van der Waals surface area contributed by atoms with Crippen molar-refractivity contribution in [2.24, 2.45) is 0 Å². The average molecular weight is 250 g/mol. The predicted molar refractivity (Wildman–Crippen MR) is 68.8 cm³/mol. The highest BCUT2D eigenvalue weighted by atomic mass is 35.5. The van der Waals surface area contributed by atoms with E-state index in [9.17, 15) is 0 Å². The van der Waals surface area contributed by atoms with Crippen molar-refractivity contribution in [3.8, 4) is 10.6 Å². The standard InChI is InChI=1S/C11H8ClN3S/c12-7-2-1-3-9-6(7)4-10(16-9)8-5-11(13)15-14-8/h1-5H,(H3,13,14,15). The second-order valence-electron chi connectivity index (χ2n) is 3.47. The quantitative estimate of drug-likeness (QED) is 0.693. The molecule has 0 unspecified atom stereocenters. The molecule has 0 amide bonds. The minimum absolute atomic E-state index is 0.499. The van der Waals surface area contributed by atoms with Gasteiger partial charge in [-0.25, -0.2) is 0 Å². The van der Waals surface area contributed by atoms with Crippen LogP contribution in [0.3, 0.4) is 0 Å². The van der Waals surface area contributed by atoms with Crippen LogP contribution in [0.1, 0.15) is 0 Å². The van der Waals surface area contributed by atoms with Crippen LogP contribution >= 0.6 is 22.9 Å². The predicted octanol–water partition coefficient (Wildman–Crippen LogP) is 3.53. The van der Waals surface area contributed by atoms with Gasteiger partial charge in [0.05, 0.1) is 10.6 Å². The summed E-state index contributed by atoms with van der Waals surface area (Å²) < 4.78 is 1.16. The second kappa shape index (κ2) is 3.50. The molecule has 0 atom stereocenters. The number of aromatic amines is 1. The molecular weight excluding hydrogens is 242 g/mol. The Morgan fingerprint density at radius 2 is 2.19 bits per heavy atom. The number of benzene rings is 1. The van der Waals surface area contributed by atoms with E-state index in [0.717, 1.165) is 25.7 Å². The van der Waals surface area contributed by atoms with Gasteiger partial charge < -0.3 is 5.73 Å². The molecule has 0 aliphatic carbocycles. The highest BCUT2D eigenvalue weighted by Crippen LogP contribution is 2.36. The highest BCUT2D eigenvalue weighted by molar-refractivity contribution is 7.22. The summed E-state index contributed by atoms with van der Waals surface area (Å²) in [5, 5.41) is 8.64. The number of nitrogens with one attached hydrogen (secondary N) is 1. The smallest absolute Gasteiger partial charge is 0.145 e. The van der Waals surface area contributed by atoms with Gasteiger partial charge in [-0.05, 0) is 18.2 Å². The number of hydrogen-bond donors (Lipinski definition) is 2. The summed E-state index contributed by atoms with van der Waals surface area (Å²) in [5.74, 6) is 0.499. The molecule has 0 aliphatic heterocycles. The molecule has 0 spiro atoms. The van der Waals surface area contributed by atoms with Gasteiger partial charge in [0.2, 0.25) is 0 Å². The molecular formula is C11H8ClN3S. The lowest BCUT2D eigenvalue weighted by Crippen LogP contribution is -1.81. The molecule has 0 radical (unpaired) electrons. The molecule has 2 heterocycles. The van der Waals surface area contributed by atoms with Gasteiger partial charge in [0.25, 0.3) is 0 Å². The van der Waals surface area contributed by atoms with Gasteiger partial charge in [-0.3, -0.25) is 5.10 Å². The molecule has 5 heteroatoms. The van der Waals surface area contributed by atoms with E-state index >= 15 is 0 Å². The summed E-state index contributed by atoms with van der Waals surface area (Å²) in [7, 11) is 0. The number of rotatable bonds is 1. The Hall–Kier alpha value is -1.52. The van der Waals surface area contributed by atoms with Crippen LogP contribution in [0.25, 0.3) is 20.7 Å². The molecule has 0 saturated heterocycles. The maximum atomic E-state index is 6.12. The lowest BCUT2D eigenvalue weighted by Gasteiger charge is -1.89. The van der Waals surface area contributed by atoms with Gasteiger partial charge in [-0.15, -0.1) is 11.3 Å². The molecule has 80 valence electrons. The number of nitrogens with two attached hydrogens (primary N) is 1. The molecule has 3 N–H and O–H groups in total. The van der Waals surface area contributed by atoms with Crippen LogP contribution in [-0.4, -0.2) is 10.2 Å². The number of aromatic nitrogens is 2. The lowest BCUT2D eigenvalue weighted by molar-refractivity contribution is 1.11. The van der Waals surface area contributed by atoms with Crippen molar-refractivity contribution in [3.05, 3.63) is 35.4 Å². The van der Waals surface area contributed by atoms with E-state index in [0.29, 0.717) is 5.82 Å². The molecule has 3 rings (SSSR count). The SMILES string of the molecule is Nc1cc(-c2cc3c(Cl)cccc3s2)[nH]n1. The normalized spacial score (nSPS) is 11.1. The third kappa shape index (κ3) is 1.47. The topological polar surface area (TPSA) is 54.7 Å². The Morgan fingerprint density at radius 3 is 2.88 bits per heavy atom. The summed E-state index contributed by atoms with van der Waals surface area (Å²) in [6.07, 6.45) is 0. The Balaban J connectivity index is 2.22. The van der Waals surface area contributed by atoms with Gasteiger partial charge in [0.15, 0.2) is 0 Å². The maximum absolute atomic E-state index is 6.12. The minimum atomic E-state index is 0.499. The fourth-order valence-electron chi connectivity index (χ4n) is 1.62. The summed E-state index contributed by atoms with van der Waals surface area (Å²) in [6, 6.07) is 9.76. The van der Waals surface area contributed by atoms with Crippen molar-refractivity contribution in [1.82, 2.24) is 10.2 Å². The fourth-order valence-corrected chi connectivity index (χ4v) is 2.96. The first kappa shape index (κ1) is 9.69. The van der Waals surface area contributed by atoms with Gasteiger partial charge in [0, 0.05) is 21.2 Å². The third-order valence-electron chi connectivity index (χ3n) is 2.37. The van der Waals surface area contributed by atoms with Gasteiger partial charge >= 0.3 is 0 Å². The van der Waals surface area contributed by atoms with Crippen LogP contribution in [0.15, 0.2) is 30.3 Å². The molecule has 1 aromatic carbocycles. The lowest BCUT2D eigenvalue weighted by atomic mass is 10.2. The molecule has 2 aromatic heterocycles. The van der Waals surface area contributed by atoms with Crippen molar-refractivity contribution in [1.29, 1.82) is 0 Å². The second-order valence-corrected chi connectivity index (χ2v) is 4.96. The van der Waals surface area contributed by atoms with Crippen LogP contribution in [-0.2, 0) is 0 Å². The van der Waals surface area contributed by atoms with Crippen molar-refractivity contribution in [2.75, 3.05) is 5.73 Å². The largest absolute Gasteiger partial charge is 0.382 e. The number of nitrogen functional groups attached to an aromatic ring is 1. The van der Waals surface area contributed by atoms with Gasteiger partial charge in [-0.1, -0.05) is 17.7 Å². The van der Waals surface area contributed by atoms with E-state index in [-0.39, 0.29) is 0 Å². The van der Waals surface area contributed by atoms with Crippen molar-refractivity contribution in [2.45, 2.75) is 0 Å². The van der Waals surface area contributed by atoms with Gasteiger partial charge in [0.1, 0.15) is 5.82 Å². The first-order chi connectivity index (χ1) is 7.74. The van der Waals surface area contributed by atoms with Crippen LogP contribution in [0.5, 0.6) is 0 Å². The minimum Gasteiger partial charge on any atom is -0.382 e. The van der Waals surface area contributed by atoms with Gasteiger partial charge in [-0.2, -0.15) is 5.10 Å². The zero-order valence-electron chi connectivity index (χ0n) is 8.20. The highest BCUT2D eigenvalue weighted by Gasteiger charge is 2.08. The summed E-state index contributed by atoms with van der Waals surface area (Å²) in [6.45, 7) is 0. The molecule has 0 bridgehead atoms. The summed E-state index contributed by atoms with van der Waals surface area (Å²) in [4.78, 5) is 1.09. The molecule has 0 saturated carbocycles. The number of thiophene rings is 1. The molecule has 16 heavy (non-hydrogen) atoms. The Bertz CT molecular complexity index is 656. The Morgan fingerprint density at radius 1 is 1.31 bits per heavy atom. The summed E-state index contributed by atoms with van der Waals surface area (Å²) in [5.41, 5.74) is 6.50. The molecule has 3 aromatic rings. The number of hydrogen-bond acceptors (Lipinski definition) is 3. The third-order valence-corrected chi connectivity index (χ3v) is 3.83. The van der Waals surface area contributed by atoms with E-state index < -0.39 is 0 Å². The van der Waals surface area contributed by atoms with Crippen molar-refractivity contribution in [3.63, 3.8) is 0 Å². The first-order valence-electron chi connectivity index (χ1n) is 4.73. The monoisotopic (exact) mass is 249 g/mol. The average Bonchev–Trinajstić information content (AvgIpc) is 2.84. The van der Waals surface area contributed by atoms with E-state index in [2.05, 4.69) is 22.3 Å². The number of nitrogens with zero attached hydrogens (tertiary/aromatic N) is 1. The van der Waals surface area contributed by atoms with Crippen LogP contribution in [0.4, 0.5) is 5.82 Å². The van der Waals surface area contributed by atoms with Crippen molar-refractivity contribution >= 4 is 38.8 Å². The summed E-state index contributed by atoms with van der Waals surface area (Å²) >= 11 is 7.79. The number of H-pyrrole nitrogens is 1. The fraction of sp³-hybridized carbons (Fsp3) is 0. The molecule has 0 fully saturated rings. The first-order valence-corrected chi connectivity index (χ1v) is 5.93. The van der Waals surface area contributed by atoms with Crippen molar-refractivity contribution < 1.29 is 0 Å². The zero-order chi connectivity index (χ0) is 11.1. The maximum Gasteiger partial charge on any atom is 0.145 e. The number of halogens is 1. The zero-order valence-corrected chi connectivity index (χ0v) is 9.77.